The molecule has 1 fully saturated rings. The minimum absolute atomic E-state index is 0.176. The van der Waals surface area contributed by atoms with Crippen molar-refractivity contribution in [2.75, 3.05) is 6.61 Å². The second kappa shape index (κ2) is 9.93. The van der Waals surface area contributed by atoms with Crippen LogP contribution in [0, 0.1) is 5.92 Å². The highest BCUT2D eigenvalue weighted by atomic mass is 16.5. The Kier molecular flexibility index (Phi) is 7.06. The molecule has 0 radical (unpaired) electrons. The topological polar surface area (TPSA) is 64.6 Å². The molecule has 5 heteroatoms. The lowest BCUT2D eigenvalue weighted by atomic mass is 9.86. The molecule has 0 saturated heterocycles. The molecular weight excluding hydrogens is 354 g/mol. The van der Waals surface area contributed by atoms with Crippen LogP contribution in [0.4, 0.5) is 0 Å². The van der Waals surface area contributed by atoms with Crippen molar-refractivity contribution in [1.29, 1.82) is 0 Å². The third-order valence-electron chi connectivity index (χ3n) is 5.11. The van der Waals surface area contributed by atoms with E-state index in [2.05, 4.69) is 12.2 Å². The molecule has 148 valence electrons. The summed E-state index contributed by atoms with van der Waals surface area (Å²) in [5, 5.41) is 2.98. The van der Waals surface area contributed by atoms with Crippen molar-refractivity contribution in [2.24, 2.45) is 5.92 Å². The Morgan fingerprint density at radius 2 is 1.82 bits per heavy atom. The Bertz CT molecular complexity index is 790. The smallest absolute Gasteiger partial charge is 0.338 e. The highest BCUT2D eigenvalue weighted by molar-refractivity contribution is 5.91. The first-order valence-corrected chi connectivity index (χ1v) is 9.85. The van der Waals surface area contributed by atoms with Crippen LogP contribution in [0.15, 0.2) is 54.6 Å². The summed E-state index contributed by atoms with van der Waals surface area (Å²) in [5.41, 5.74) is 1.41. The second-order valence-corrected chi connectivity index (χ2v) is 7.31. The van der Waals surface area contributed by atoms with Crippen LogP contribution >= 0.6 is 0 Å². The van der Waals surface area contributed by atoms with Gasteiger partial charge in [-0.25, -0.2) is 4.79 Å². The molecule has 0 heterocycles. The quantitative estimate of drug-likeness (QED) is 0.733. The standard InChI is InChI=1S/C23H27NO4/c1-17-8-5-6-13-21(17)24-22(25)16-28-23(26)19-11-7-12-20(14-19)27-15-18-9-3-2-4-10-18/h2-4,7,9-12,14,17,21H,5-6,8,13,15-16H2,1H3,(H,24,25)/t17-,21-/m1/s1. The molecule has 1 aliphatic carbocycles. The number of amides is 1. The van der Waals surface area contributed by atoms with E-state index in [4.69, 9.17) is 9.47 Å². The maximum absolute atomic E-state index is 12.3. The van der Waals surface area contributed by atoms with Gasteiger partial charge in [0.15, 0.2) is 6.61 Å². The average Bonchev–Trinajstić information content (AvgIpc) is 2.73. The molecule has 5 nitrogen and oxygen atoms in total. The van der Waals surface area contributed by atoms with Crippen LogP contribution < -0.4 is 10.1 Å². The fraction of sp³-hybridized carbons (Fsp3) is 0.391. The first-order chi connectivity index (χ1) is 13.6. The van der Waals surface area contributed by atoms with Crippen LogP contribution in [0.3, 0.4) is 0 Å². The van der Waals surface area contributed by atoms with E-state index < -0.39 is 5.97 Å². The van der Waals surface area contributed by atoms with Gasteiger partial charge in [0.2, 0.25) is 0 Å². The van der Waals surface area contributed by atoms with E-state index >= 15 is 0 Å². The average molecular weight is 381 g/mol. The molecule has 2 aromatic carbocycles. The van der Waals surface area contributed by atoms with E-state index in [-0.39, 0.29) is 18.6 Å². The van der Waals surface area contributed by atoms with Crippen LogP contribution in [0.5, 0.6) is 5.75 Å². The molecule has 1 amide bonds. The van der Waals surface area contributed by atoms with Gasteiger partial charge >= 0.3 is 5.97 Å². The molecule has 2 atom stereocenters. The number of carbonyl (C=O) groups excluding carboxylic acids is 2. The Morgan fingerprint density at radius 1 is 1.04 bits per heavy atom. The fourth-order valence-corrected chi connectivity index (χ4v) is 3.45. The SMILES string of the molecule is C[C@@H]1CCCC[C@H]1NC(=O)COC(=O)c1cccc(OCc2ccccc2)c1. The number of ether oxygens (including phenoxy) is 2. The molecule has 3 rings (SSSR count). The van der Waals surface area contributed by atoms with Crippen molar-refractivity contribution < 1.29 is 19.1 Å². The van der Waals surface area contributed by atoms with Gasteiger partial charge in [-0.05, 0) is 42.5 Å². The van der Waals surface area contributed by atoms with Gasteiger partial charge in [-0.15, -0.1) is 0 Å². The van der Waals surface area contributed by atoms with Crippen molar-refractivity contribution >= 4 is 11.9 Å². The van der Waals surface area contributed by atoms with Crippen molar-refractivity contribution in [3.05, 3.63) is 65.7 Å². The number of benzene rings is 2. The van der Waals surface area contributed by atoms with Crippen molar-refractivity contribution in [3.8, 4) is 5.75 Å². The first kappa shape index (κ1) is 19.9. The van der Waals surface area contributed by atoms with Crippen molar-refractivity contribution in [3.63, 3.8) is 0 Å². The van der Waals surface area contributed by atoms with Gasteiger partial charge in [0.05, 0.1) is 5.56 Å². The van der Waals surface area contributed by atoms with Gasteiger partial charge in [-0.3, -0.25) is 4.79 Å². The molecule has 2 aromatic rings. The summed E-state index contributed by atoms with van der Waals surface area (Å²) in [6.07, 6.45) is 4.46. The number of carbonyl (C=O) groups is 2. The van der Waals surface area contributed by atoms with Gasteiger partial charge < -0.3 is 14.8 Å². The lowest BCUT2D eigenvalue weighted by Crippen LogP contribution is -2.42. The van der Waals surface area contributed by atoms with E-state index in [1.54, 1.807) is 24.3 Å². The van der Waals surface area contributed by atoms with E-state index in [1.807, 2.05) is 30.3 Å². The molecule has 0 spiro atoms. The zero-order chi connectivity index (χ0) is 19.8. The lowest BCUT2D eigenvalue weighted by Gasteiger charge is -2.29. The highest BCUT2D eigenvalue weighted by Crippen LogP contribution is 2.23. The lowest BCUT2D eigenvalue weighted by molar-refractivity contribution is -0.125. The maximum Gasteiger partial charge on any atom is 0.338 e. The first-order valence-electron chi connectivity index (χ1n) is 9.85. The van der Waals surface area contributed by atoms with Crippen LogP contribution in [0.2, 0.25) is 0 Å². The molecule has 1 aliphatic rings. The molecule has 28 heavy (non-hydrogen) atoms. The number of rotatable bonds is 7. The van der Waals surface area contributed by atoms with Crippen molar-refractivity contribution in [1.82, 2.24) is 5.32 Å². The number of nitrogens with one attached hydrogen (secondary N) is 1. The predicted molar refractivity (Wildman–Crippen MR) is 107 cm³/mol. The minimum atomic E-state index is -0.531. The van der Waals surface area contributed by atoms with E-state index in [0.29, 0.717) is 23.8 Å². The van der Waals surface area contributed by atoms with Crippen LogP contribution in [-0.2, 0) is 16.1 Å². The summed E-state index contributed by atoms with van der Waals surface area (Å²) in [7, 11) is 0. The molecule has 1 saturated carbocycles. The number of esters is 1. The molecule has 0 bridgehead atoms. The minimum Gasteiger partial charge on any atom is -0.489 e. The molecule has 0 unspecified atom stereocenters. The second-order valence-electron chi connectivity index (χ2n) is 7.31. The monoisotopic (exact) mass is 381 g/mol. The zero-order valence-electron chi connectivity index (χ0n) is 16.2. The Hall–Kier alpha value is -2.82. The van der Waals surface area contributed by atoms with Crippen LogP contribution in [-0.4, -0.2) is 24.5 Å². The largest absolute Gasteiger partial charge is 0.489 e. The van der Waals surface area contributed by atoms with E-state index in [9.17, 15) is 9.59 Å². The molecular formula is C23H27NO4. The van der Waals surface area contributed by atoms with E-state index in [0.717, 1.165) is 24.8 Å². The van der Waals surface area contributed by atoms with Gasteiger partial charge in [-0.2, -0.15) is 0 Å². The number of hydrogen-bond donors (Lipinski definition) is 1. The fourth-order valence-electron chi connectivity index (χ4n) is 3.45. The maximum atomic E-state index is 12.3. The van der Waals surface area contributed by atoms with Gasteiger partial charge in [0.25, 0.3) is 5.91 Å². The summed E-state index contributed by atoms with van der Waals surface area (Å²) >= 11 is 0. The van der Waals surface area contributed by atoms with Crippen molar-refractivity contribution in [2.45, 2.75) is 45.3 Å². The Labute approximate surface area is 166 Å². The summed E-state index contributed by atoms with van der Waals surface area (Å²) in [4.78, 5) is 24.4. The predicted octanol–water partition coefficient (Wildman–Crippen LogP) is 4.12. The molecule has 0 aromatic heterocycles. The van der Waals surface area contributed by atoms with Crippen LogP contribution in [0.1, 0.15) is 48.5 Å². The Morgan fingerprint density at radius 3 is 2.61 bits per heavy atom. The summed E-state index contributed by atoms with van der Waals surface area (Å²) < 4.78 is 10.9. The molecule has 1 N–H and O–H groups in total. The van der Waals surface area contributed by atoms with E-state index in [1.165, 1.54) is 6.42 Å². The third-order valence-corrected chi connectivity index (χ3v) is 5.11. The van der Waals surface area contributed by atoms with Gasteiger partial charge in [0.1, 0.15) is 12.4 Å². The normalized spacial score (nSPS) is 18.9. The third kappa shape index (κ3) is 5.84. The van der Waals surface area contributed by atoms with Gasteiger partial charge in [0, 0.05) is 6.04 Å². The summed E-state index contributed by atoms with van der Waals surface area (Å²) in [5.74, 6) is 0.270. The van der Waals surface area contributed by atoms with Gasteiger partial charge in [-0.1, -0.05) is 56.2 Å². The molecule has 0 aliphatic heterocycles. The summed E-state index contributed by atoms with van der Waals surface area (Å²) in [6.45, 7) is 2.30. The Balaban J connectivity index is 1.48. The highest BCUT2D eigenvalue weighted by Gasteiger charge is 2.23. The number of hydrogen-bond acceptors (Lipinski definition) is 4. The zero-order valence-corrected chi connectivity index (χ0v) is 16.2. The summed E-state index contributed by atoms with van der Waals surface area (Å²) in [6, 6.07) is 16.8. The van der Waals surface area contributed by atoms with Crippen LogP contribution in [0.25, 0.3) is 0 Å².